The van der Waals surface area contributed by atoms with Crippen LogP contribution in [0.3, 0.4) is 0 Å². The predicted octanol–water partition coefficient (Wildman–Crippen LogP) is 2.61. The summed E-state index contributed by atoms with van der Waals surface area (Å²) in [7, 11) is 3.50. The molecule has 2 N–H and O–H groups in total. The molecule has 0 fully saturated rings. The number of rotatable bonds is 7. The summed E-state index contributed by atoms with van der Waals surface area (Å²) < 4.78 is 10.9. The van der Waals surface area contributed by atoms with E-state index in [1.807, 2.05) is 26.1 Å². The third-order valence-electron chi connectivity index (χ3n) is 4.43. The van der Waals surface area contributed by atoms with E-state index in [1.165, 1.54) is 0 Å². The third kappa shape index (κ3) is 4.88. The van der Waals surface area contributed by atoms with Gasteiger partial charge in [-0.2, -0.15) is 0 Å². The number of nitrogens with zero attached hydrogens (tertiary/aromatic N) is 2. The molecule has 1 heterocycles. The van der Waals surface area contributed by atoms with E-state index in [9.17, 15) is 4.79 Å². The molecular formula is C20H22ClN4O3+. The van der Waals surface area contributed by atoms with Gasteiger partial charge in [-0.15, -0.1) is 10.2 Å². The number of carbonyl (C=O) groups excluding carboxylic acids is 1. The Morgan fingerprint density at radius 3 is 2.68 bits per heavy atom. The minimum atomic E-state index is -0.151. The lowest BCUT2D eigenvalue weighted by molar-refractivity contribution is -0.903. The maximum atomic E-state index is 12.3. The Morgan fingerprint density at radius 1 is 1.25 bits per heavy atom. The lowest BCUT2D eigenvalue weighted by atomic mass is 10.2. The number of carbonyl (C=O) groups is 1. The number of benzene rings is 2. The number of amides is 1. The molecule has 0 spiro atoms. The topological polar surface area (TPSA) is 81.7 Å². The number of methoxy groups -OCH3 is 1. The molecule has 1 amide bonds. The van der Waals surface area contributed by atoms with Crippen molar-refractivity contribution in [2.75, 3.05) is 26.0 Å². The molecule has 0 aliphatic rings. The molecular weight excluding hydrogens is 380 g/mol. The molecule has 7 nitrogen and oxygen atoms in total. The second kappa shape index (κ2) is 8.86. The number of hydrogen-bond donors (Lipinski definition) is 2. The highest BCUT2D eigenvalue weighted by Gasteiger charge is 2.24. The van der Waals surface area contributed by atoms with Crippen molar-refractivity contribution in [2.24, 2.45) is 0 Å². The molecule has 0 saturated carbocycles. The highest BCUT2D eigenvalue weighted by Crippen LogP contribution is 2.22. The SMILES string of the molecule is COc1ccc(NC(=O)C[NH+](C)[C@@H](C)c2nnc(-c3cccc(Cl)c3)o2)cc1. The highest BCUT2D eigenvalue weighted by molar-refractivity contribution is 6.30. The van der Waals surface area contributed by atoms with Crippen molar-refractivity contribution in [3.8, 4) is 17.2 Å². The summed E-state index contributed by atoms with van der Waals surface area (Å²) in [5.74, 6) is 1.50. The van der Waals surface area contributed by atoms with Crippen molar-refractivity contribution in [1.29, 1.82) is 0 Å². The summed E-state index contributed by atoms with van der Waals surface area (Å²) in [4.78, 5) is 13.3. The molecule has 1 aromatic heterocycles. The van der Waals surface area contributed by atoms with Gasteiger partial charge < -0.3 is 19.4 Å². The van der Waals surface area contributed by atoms with E-state index in [0.717, 1.165) is 16.2 Å². The van der Waals surface area contributed by atoms with Crippen LogP contribution in [0.15, 0.2) is 52.9 Å². The van der Waals surface area contributed by atoms with Gasteiger partial charge in [0.25, 0.3) is 11.8 Å². The molecule has 0 aliphatic carbocycles. The molecule has 0 saturated heterocycles. The molecule has 0 aliphatic heterocycles. The Hall–Kier alpha value is -2.90. The minimum absolute atomic E-state index is 0.107. The zero-order valence-corrected chi connectivity index (χ0v) is 16.7. The van der Waals surface area contributed by atoms with Crippen LogP contribution in [-0.2, 0) is 4.79 Å². The smallest absolute Gasteiger partial charge is 0.279 e. The van der Waals surface area contributed by atoms with Crippen LogP contribution >= 0.6 is 11.6 Å². The van der Waals surface area contributed by atoms with Crippen molar-refractivity contribution < 1.29 is 18.8 Å². The molecule has 8 heteroatoms. The van der Waals surface area contributed by atoms with Gasteiger partial charge in [0.05, 0.1) is 14.2 Å². The van der Waals surface area contributed by atoms with E-state index in [-0.39, 0.29) is 18.5 Å². The molecule has 2 aromatic carbocycles. The average Bonchev–Trinajstić information content (AvgIpc) is 3.18. The number of anilines is 1. The van der Waals surface area contributed by atoms with Gasteiger partial charge in [0.2, 0.25) is 5.89 Å². The summed E-state index contributed by atoms with van der Waals surface area (Å²) in [6.07, 6.45) is 0. The number of hydrogen-bond acceptors (Lipinski definition) is 5. The van der Waals surface area contributed by atoms with E-state index in [2.05, 4.69) is 15.5 Å². The second-order valence-electron chi connectivity index (χ2n) is 6.48. The zero-order valence-electron chi connectivity index (χ0n) is 15.9. The fraction of sp³-hybridized carbons (Fsp3) is 0.250. The van der Waals surface area contributed by atoms with Crippen LogP contribution in [0.5, 0.6) is 5.75 Å². The van der Waals surface area contributed by atoms with Crippen LogP contribution in [0.4, 0.5) is 5.69 Å². The predicted molar refractivity (Wildman–Crippen MR) is 107 cm³/mol. The average molecular weight is 402 g/mol. The first-order valence-electron chi connectivity index (χ1n) is 8.82. The van der Waals surface area contributed by atoms with Crippen molar-refractivity contribution in [3.05, 3.63) is 59.4 Å². The number of halogens is 1. The summed E-state index contributed by atoms with van der Waals surface area (Å²) in [6.45, 7) is 2.19. The van der Waals surface area contributed by atoms with E-state index in [1.54, 1.807) is 43.5 Å². The van der Waals surface area contributed by atoms with Crippen molar-refractivity contribution >= 4 is 23.2 Å². The van der Waals surface area contributed by atoms with Gasteiger partial charge in [-0.1, -0.05) is 17.7 Å². The van der Waals surface area contributed by atoms with E-state index < -0.39 is 0 Å². The normalized spacial score (nSPS) is 13.0. The molecule has 0 bridgehead atoms. The van der Waals surface area contributed by atoms with Gasteiger partial charge in [0.15, 0.2) is 12.6 Å². The van der Waals surface area contributed by atoms with Crippen LogP contribution in [0, 0.1) is 0 Å². The monoisotopic (exact) mass is 401 g/mol. The van der Waals surface area contributed by atoms with Crippen LogP contribution in [-0.4, -0.2) is 36.8 Å². The first kappa shape index (κ1) is 19.9. The minimum Gasteiger partial charge on any atom is -0.497 e. The first-order valence-corrected chi connectivity index (χ1v) is 9.19. The van der Waals surface area contributed by atoms with Gasteiger partial charge in [0.1, 0.15) is 5.75 Å². The van der Waals surface area contributed by atoms with E-state index >= 15 is 0 Å². The van der Waals surface area contributed by atoms with Crippen LogP contribution in [0.1, 0.15) is 18.9 Å². The van der Waals surface area contributed by atoms with Crippen molar-refractivity contribution in [2.45, 2.75) is 13.0 Å². The molecule has 28 heavy (non-hydrogen) atoms. The Labute approximate surface area is 168 Å². The fourth-order valence-corrected chi connectivity index (χ4v) is 2.83. The fourth-order valence-electron chi connectivity index (χ4n) is 2.64. The summed E-state index contributed by atoms with van der Waals surface area (Å²) in [6, 6.07) is 14.3. The maximum absolute atomic E-state index is 12.3. The van der Waals surface area contributed by atoms with Gasteiger partial charge in [-0.05, 0) is 49.4 Å². The third-order valence-corrected chi connectivity index (χ3v) is 4.67. The molecule has 3 rings (SSSR count). The number of likely N-dealkylation sites (N-methyl/N-ethyl adjacent to an activating group) is 1. The number of aromatic nitrogens is 2. The number of ether oxygens (including phenoxy) is 1. The Bertz CT molecular complexity index is 943. The van der Waals surface area contributed by atoms with Gasteiger partial charge in [0, 0.05) is 16.3 Å². The van der Waals surface area contributed by atoms with Crippen LogP contribution in [0.2, 0.25) is 5.02 Å². The molecule has 146 valence electrons. The van der Waals surface area contributed by atoms with E-state index in [0.29, 0.717) is 22.5 Å². The van der Waals surface area contributed by atoms with Crippen LogP contribution in [0.25, 0.3) is 11.5 Å². The first-order chi connectivity index (χ1) is 13.5. The standard InChI is InChI=1S/C20H21ClN4O3/c1-13(19-23-24-20(28-19)14-5-4-6-15(21)11-14)25(2)12-18(26)22-16-7-9-17(27-3)10-8-16/h4-11,13H,12H2,1-3H3,(H,22,26)/p+1/t13-/m0/s1. The molecule has 0 radical (unpaired) electrons. The largest absolute Gasteiger partial charge is 0.497 e. The lowest BCUT2D eigenvalue weighted by Crippen LogP contribution is -3.10. The lowest BCUT2D eigenvalue weighted by Gasteiger charge is -2.18. The highest BCUT2D eigenvalue weighted by atomic mass is 35.5. The van der Waals surface area contributed by atoms with E-state index in [4.69, 9.17) is 20.8 Å². The molecule has 1 unspecified atom stereocenters. The van der Waals surface area contributed by atoms with Gasteiger partial charge >= 0.3 is 0 Å². The summed E-state index contributed by atoms with van der Waals surface area (Å²) in [5.41, 5.74) is 1.47. The second-order valence-corrected chi connectivity index (χ2v) is 6.91. The number of quaternary nitrogens is 1. The van der Waals surface area contributed by atoms with Gasteiger partial charge in [-0.3, -0.25) is 4.79 Å². The van der Waals surface area contributed by atoms with Gasteiger partial charge in [-0.25, -0.2) is 0 Å². The van der Waals surface area contributed by atoms with Crippen LogP contribution < -0.4 is 15.0 Å². The number of nitrogens with one attached hydrogen (secondary N) is 2. The Morgan fingerprint density at radius 2 is 2.00 bits per heavy atom. The molecule has 2 atom stereocenters. The Balaban J connectivity index is 1.60. The quantitative estimate of drug-likeness (QED) is 0.636. The van der Waals surface area contributed by atoms with Crippen molar-refractivity contribution in [1.82, 2.24) is 10.2 Å². The maximum Gasteiger partial charge on any atom is 0.279 e. The van der Waals surface area contributed by atoms with Crippen molar-refractivity contribution in [3.63, 3.8) is 0 Å². The zero-order chi connectivity index (χ0) is 20.1. The molecule has 3 aromatic rings. The summed E-state index contributed by atoms with van der Waals surface area (Å²) in [5, 5.41) is 11.7. The summed E-state index contributed by atoms with van der Waals surface area (Å²) >= 11 is 6.01. The Kier molecular flexibility index (Phi) is 6.28.